The highest BCUT2D eigenvalue weighted by molar-refractivity contribution is 5.81. The van der Waals surface area contributed by atoms with E-state index in [4.69, 9.17) is 4.42 Å². The molecular weight excluding hydrogens is 288 g/mol. The highest BCUT2D eigenvalue weighted by Gasteiger charge is 2.48. The molecule has 4 heteroatoms. The van der Waals surface area contributed by atoms with Crippen molar-refractivity contribution in [2.45, 2.75) is 37.3 Å². The van der Waals surface area contributed by atoms with Crippen LogP contribution >= 0.6 is 0 Å². The van der Waals surface area contributed by atoms with E-state index < -0.39 is 0 Å². The lowest BCUT2D eigenvalue weighted by Gasteiger charge is -2.42. The van der Waals surface area contributed by atoms with E-state index in [0.717, 1.165) is 38.2 Å². The first-order valence-electron chi connectivity index (χ1n) is 8.36. The lowest BCUT2D eigenvalue weighted by Crippen LogP contribution is -2.53. The number of nitrogens with one attached hydrogen (secondary N) is 1. The number of piperidine rings is 1. The topological polar surface area (TPSA) is 45.5 Å². The number of likely N-dealkylation sites (tertiary alicyclic amines) is 1. The monoisotopic (exact) mass is 310 g/mol. The summed E-state index contributed by atoms with van der Waals surface area (Å²) in [7, 11) is 0. The maximum atomic E-state index is 12.1. The molecule has 0 saturated carbocycles. The van der Waals surface area contributed by atoms with Gasteiger partial charge < -0.3 is 9.73 Å². The largest absolute Gasteiger partial charge is 0.468 e. The highest BCUT2D eigenvalue weighted by Crippen LogP contribution is 2.43. The van der Waals surface area contributed by atoms with Crippen molar-refractivity contribution in [3.05, 3.63) is 60.1 Å². The van der Waals surface area contributed by atoms with Gasteiger partial charge in [-0.25, -0.2) is 0 Å². The molecule has 0 aliphatic carbocycles. The lowest BCUT2D eigenvalue weighted by molar-refractivity contribution is -0.120. The molecule has 2 saturated heterocycles. The molecule has 120 valence electrons. The molecule has 1 N–H and O–H groups in total. The van der Waals surface area contributed by atoms with Crippen molar-refractivity contribution < 1.29 is 9.21 Å². The number of nitrogens with zero attached hydrogens (tertiary/aromatic N) is 1. The van der Waals surface area contributed by atoms with Crippen molar-refractivity contribution in [2.24, 2.45) is 0 Å². The number of hydrogen-bond donors (Lipinski definition) is 1. The molecule has 4 rings (SSSR count). The predicted octanol–water partition coefficient (Wildman–Crippen LogP) is 2.92. The van der Waals surface area contributed by atoms with Gasteiger partial charge in [-0.15, -0.1) is 0 Å². The first-order chi connectivity index (χ1) is 11.3. The first-order valence-corrected chi connectivity index (χ1v) is 8.36. The molecule has 2 fully saturated rings. The molecule has 1 aromatic heterocycles. The van der Waals surface area contributed by atoms with Crippen molar-refractivity contribution in [2.75, 3.05) is 13.1 Å². The summed E-state index contributed by atoms with van der Waals surface area (Å²) < 4.78 is 5.45. The summed E-state index contributed by atoms with van der Waals surface area (Å²) in [5.41, 5.74) is 1.21. The third kappa shape index (κ3) is 2.79. The standard InChI is InChI=1S/C19H22N2O2/c22-18-13-17(15-5-2-1-3-6-15)19(20-18)8-10-21(11-9-19)14-16-7-4-12-23-16/h1-7,12,17H,8-11,13-14H2,(H,20,22)/t17-/m1/s1. The van der Waals surface area contributed by atoms with Gasteiger partial charge in [0.1, 0.15) is 5.76 Å². The number of rotatable bonds is 3. The van der Waals surface area contributed by atoms with Crippen LogP contribution in [0.3, 0.4) is 0 Å². The Balaban J connectivity index is 1.49. The van der Waals surface area contributed by atoms with Gasteiger partial charge in [0, 0.05) is 31.0 Å². The Labute approximate surface area is 136 Å². The van der Waals surface area contributed by atoms with Crippen molar-refractivity contribution in [3.8, 4) is 0 Å². The Morgan fingerprint density at radius 3 is 2.61 bits per heavy atom. The summed E-state index contributed by atoms with van der Waals surface area (Å²) in [6, 6.07) is 14.4. The van der Waals surface area contributed by atoms with Gasteiger partial charge in [-0.1, -0.05) is 30.3 Å². The van der Waals surface area contributed by atoms with Crippen LogP contribution in [0.15, 0.2) is 53.1 Å². The fourth-order valence-electron chi connectivity index (χ4n) is 4.13. The number of furan rings is 1. The van der Waals surface area contributed by atoms with Crippen molar-refractivity contribution in [3.63, 3.8) is 0 Å². The second-order valence-corrected chi connectivity index (χ2v) is 6.73. The van der Waals surface area contributed by atoms with Gasteiger partial charge in [-0.05, 0) is 30.5 Å². The molecule has 1 amide bonds. The van der Waals surface area contributed by atoms with Crippen LogP contribution < -0.4 is 5.32 Å². The van der Waals surface area contributed by atoms with Gasteiger partial charge in [-0.2, -0.15) is 0 Å². The van der Waals surface area contributed by atoms with Crippen LogP contribution in [0.2, 0.25) is 0 Å². The molecule has 2 aliphatic heterocycles. The number of carbonyl (C=O) groups excluding carboxylic acids is 1. The average Bonchev–Trinajstić information content (AvgIpc) is 3.19. The summed E-state index contributed by atoms with van der Waals surface area (Å²) in [6.45, 7) is 2.83. The summed E-state index contributed by atoms with van der Waals surface area (Å²) in [5.74, 6) is 1.50. The molecule has 0 bridgehead atoms. The smallest absolute Gasteiger partial charge is 0.221 e. The van der Waals surface area contributed by atoms with Crippen LogP contribution in [-0.4, -0.2) is 29.4 Å². The maximum absolute atomic E-state index is 12.1. The van der Waals surface area contributed by atoms with E-state index in [1.54, 1.807) is 6.26 Å². The highest BCUT2D eigenvalue weighted by atomic mass is 16.3. The molecule has 0 unspecified atom stereocenters. The minimum absolute atomic E-state index is 0.0713. The van der Waals surface area contributed by atoms with E-state index in [-0.39, 0.29) is 11.4 Å². The fraction of sp³-hybridized carbons (Fsp3) is 0.421. The Morgan fingerprint density at radius 2 is 1.91 bits per heavy atom. The van der Waals surface area contributed by atoms with Crippen LogP contribution in [0.4, 0.5) is 0 Å². The van der Waals surface area contributed by atoms with Gasteiger partial charge in [0.05, 0.1) is 12.8 Å². The third-order valence-electron chi connectivity index (χ3n) is 5.35. The number of amides is 1. The minimum Gasteiger partial charge on any atom is -0.468 e. The maximum Gasteiger partial charge on any atom is 0.221 e. The van der Waals surface area contributed by atoms with Crippen LogP contribution in [-0.2, 0) is 11.3 Å². The second-order valence-electron chi connectivity index (χ2n) is 6.73. The van der Waals surface area contributed by atoms with Crippen molar-refractivity contribution in [1.82, 2.24) is 10.2 Å². The van der Waals surface area contributed by atoms with Crippen molar-refractivity contribution in [1.29, 1.82) is 0 Å². The molecule has 1 aromatic carbocycles. The normalized spacial score (nSPS) is 24.0. The van der Waals surface area contributed by atoms with Crippen LogP contribution in [0.5, 0.6) is 0 Å². The summed E-state index contributed by atoms with van der Waals surface area (Å²) in [6.07, 6.45) is 4.34. The number of benzene rings is 1. The molecule has 2 aliphatic rings. The first kappa shape index (κ1) is 14.5. The van der Waals surface area contributed by atoms with Crippen LogP contribution in [0.1, 0.15) is 36.5 Å². The second kappa shape index (κ2) is 5.85. The molecule has 4 nitrogen and oxygen atoms in total. The molecule has 23 heavy (non-hydrogen) atoms. The zero-order chi connectivity index (χ0) is 15.7. The van der Waals surface area contributed by atoms with Crippen LogP contribution in [0.25, 0.3) is 0 Å². The Morgan fingerprint density at radius 1 is 1.13 bits per heavy atom. The van der Waals surface area contributed by atoms with E-state index in [1.165, 1.54) is 5.56 Å². The number of carbonyl (C=O) groups is 1. The van der Waals surface area contributed by atoms with Gasteiger partial charge in [-0.3, -0.25) is 9.69 Å². The minimum atomic E-state index is -0.0713. The molecule has 1 atom stereocenters. The van der Waals surface area contributed by atoms with Gasteiger partial charge >= 0.3 is 0 Å². The molecule has 0 radical (unpaired) electrons. The Bertz CT molecular complexity index is 658. The van der Waals surface area contributed by atoms with Gasteiger partial charge in [0.25, 0.3) is 0 Å². The van der Waals surface area contributed by atoms with E-state index in [0.29, 0.717) is 12.3 Å². The third-order valence-corrected chi connectivity index (χ3v) is 5.35. The predicted molar refractivity (Wildman–Crippen MR) is 87.9 cm³/mol. The summed E-state index contributed by atoms with van der Waals surface area (Å²) >= 11 is 0. The van der Waals surface area contributed by atoms with Gasteiger partial charge in [0.2, 0.25) is 5.91 Å². The fourth-order valence-corrected chi connectivity index (χ4v) is 4.13. The lowest BCUT2D eigenvalue weighted by atomic mass is 9.74. The van der Waals surface area contributed by atoms with Crippen molar-refractivity contribution >= 4 is 5.91 Å². The molecule has 2 aromatic rings. The Hall–Kier alpha value is -2.07. The quantitative estimate of drug-likeness (QED) is 0.948. The van der Waals surface area contributed by atoms with Gasteiger partial charge in [0.15, 0.2) is 0 Å². The zero-order valence-electron chi connectivity index (χ0n) is 13.2. The molecule has 3 heterocycles. The molecule has 1 spiro atoms. The van der Waals surface area contributed by atoms with E-state index in [1.807, 2.05) is 18.2 Å². The molecular formula is C19H22N2O2. The van der Waals surface area contributed by atoms with E-state index in [2.05, 4.69) is 34.5 Å². The number of hydrogen-bond acceptors (Lipinski definition) is 3. The van der Waals surface area contributed by atoms with E-state index >= 15 is 0 Å². The van der Waals surface area contributed by atoms with Crippen LogP contribution in [0, 0.1) is 0 Å². The Kier molecular flexibility index (Phi) is 3.69. The zero-order valence-corrected chi connectivity index (χ0v) is 13.2. The summed E-state index contributed by atoms with van der Waals surface area (Å²) in [4.78, 5) is 14.5. The van der Waals surface area contributed by atoms with E-state index in [9.17, 15) is 4.79 Å². The average molecular weight is 310 g/mol. The SMILES string of the molecule is O=C1C[C@H](c2ccccc2)C2(CCN(Cc3ccco3)CC2)N1. The summed E-state index contributed by atoms with van der Waals surface area (Å²) in [5, 5.41) is 3.31.